The van der Waals surface area contributed by atoms with Crippen LogP contribution >= 0.6 is 7.82 Å². The second kappa shape index (κ2) is 36.5. The van der Waals surface area contributed by atoms with Crippen molar-refractivity contribution >= 4 is 14.0 Å². The largest absolute Gasteiger partial charge is 1.00 e. The van der Waals surface area contributed by atoms with Crippen LogP contribution in [0, 0.1) is 0 Å². The monoisotopic (exact) mass is 310 g/mol. The second-order valence-electron chi connectivity index (χ2n) is 0.730. The van der Waals surface area contributed by atoms with Gasteiger partial charge in [-0.3, -0.25) is 0 Å². The van der Waals surface area contributed by atoms with E-state index < -0.39 is 14.0 Å². The Bertz CT molecular complexity index is 133. The first-order chi connectivity index (χ1) is 3.73. The van der Waals surface area contributed by atoms with Crippen molar-refractivity contribution in [2.75, 3.05) is 0 Å². The van der Waals surface area contributed by atoms with Crippen molar-refractivity contribution in [3.8, 4) is 0 Å². The van der Waals surface area contributed by atoms with Gasteiger partial charge in [-0.05, 0) is 0 Å². The number of hydrogen-bond acceptors (Lipinski definition) is 5. The fourth-order valence-corrected chi connectivity index (χ4v) is 0. The topological polar surface area (TPSA) is 207 Å². The standard InChI is InChI=1S/CH2O3.5Na.H3O4P.2H2O.2H/c2-1(3)4;;;;;;1-5(2,3)4;;;;/h(H2,2,3,4);;;;;;(H3,1,2,3,4);2*1H2;;/q;5*+1;;;;2*-1/p-3. The fraction of sp³-hybridized carbons (Fsp3) is 0. The number of carbonyl (C=O) groups is 1. The van der Waals surface area contributed by atoms with Crippen LogP contribution in [0.2, 0.25) is 0 Å². The van der Waals surface area contributed by atoms with Crippen LogP contribution in [0.4, 0.5) is 4.79 Å². The Morgan fingerprint density at radius 3 is 0.875 bits per heavy atom. The van der Waals surface area contributed by atoms with Crippen molar-refractivity contribution in [1.29, 1.82) is 0 Å². The van der Waals surface area contributed by atoms with Crippen LogP contribution in [0.15, 0.2) is 0 Å². The normalized spacial score (nSPS) is 5.19. The van der Waals surface area contributed by atoms with Crippen molar-refractivity contribution in [1.82, 2.24) is 0 Å². The summed E-state index contributed by atoms with van der Waals surface area (Å²) in [6.45, 7) is 0. The summed E-state index contributed by atoms with van der Waals surface area (Å²) in [7, 11) is -5.39. The molecular weight excluding hydrogens is 302 g/mol. The molecule has 0 aromatic rings. The molecule has 76 valence electrons. The molecule has 16 heavy (non-hydrogen) atoms. The van der Waals surface area contributed by atoms with Gasteiger partial charge in [0.2, 0.25) is 0 Å². The minimum absolute atomic E-state index is 0. The van der Waals surface area contributed by atoms with Gasteiger partial charge in [-0.1, -0.05) is 0 Å². The van der Waals surface area contributed by atoms with Gasteiger partial charge in [0.15, 0.2) is 0 Å². The zero-order valence-corrected chi connectivity index (χ0v) is 20.8. The third-order valence-corrected chi connectivity index (χ3v) is 0. The zero-order valence-electron chi connectivity index (χ0n) is 11.9. The van der Waals surface area contributed by atoms with Crippen LogP contribution in [-0.4, -0.2) is 27.3 Å². The summed E-state index contributed by atoms with van der Waals surface area (Å²) in [4.78, 5) is 34.2. The third kappa shape index (κ3) is 296. The van der Waals surface area contributed by atoms with Crippen molar-refractivity contribution in [3.05, 3.63) is 0 Å². The molecule has 0 bridgehead atoms. The summed E-state index contributed by atoms with van der Waals surface area (Å²) in [6, 6.07) is 0. The van der Waals surface area contributed by atoms with E-state index >= 15 is 0 Å². The quantitative estimate of drug-likeness (QED) is 0.325. The van der Waals surface area contributed by atoms with Gasteiger partial charge in [-0.2, -0.15) is 7.82 Å². The van der Waals surface area contributed by atoms with Gasteiger partial charge in [0.05, 0.1) is 0 Å². The molecule has 0 aromatic carbocycles. The molecule has 0 aliphatic rings. The van der Waals surface area contributed by atoms with E-state index in [4.69, 9.17) is 34.3 Å². The Hall–Kier alpha value is 4.30. The molecule has 0 fully saturated rings. The average Bonchev–Trinajstić information content (AvgIpc) is 1.19. The second-order valence-corrected chi connectivity index (χ2v) is 1.62. The Morgan fingerprint density at radius 1 is 0.875 bits per heavy atom. The first kappa shape index (κ1) is 59.2. The summed E-state index contributed by atoms with van der Waals surface area (Å²) in [5.74, 6) is 0. The van der Waals surface area contributed by atoms with Crippen molar-refractivity contribution in [2.45, 2.75) is 0 Å². The molecule has 0 amide bonds. The van der Waals surface area contributed by atoms with Gasteiger partial charge in [-0.15, -0.1) is 0 Å². The van der Waals surface area contributed by atoms with E-state index in [2.05, 4.69) is 0 Å². The molecule has 0 aliphatic heterocycles. The van der Waals surface area contributed by atoms with E-state index in [9.17, 15) is 0 Å². The van der Waals surface area contributed by atoms with Crippen LogP contribution in [0.25, 0.3) is 0 Å². The maximum atomic E-state index is 8.56. The maximum Gasteiger partial charge on any atom is 1.00 e. The summed E-state index contributed by atoms with van der Waals surface area (Å²) < 4.78 is 8.55. The zero-order chi connectivity index (χ0) is 8.08. The molecule has 6 N–H and O–H groups in total. The molecule has 15 heteroatoms. The summed E-state index contributed by atoms with van der Waals surface area (Å²) in [5, 5.41) is 13.9. The van der Waals surface area contributed by atoms with E-state index in [0.29, 0.717) is 0 Å². The van der Waals surface area contributed by atoms with Gasteiger partial charge in [0.1, 0.15) is 0 Å². The molecule has 0 heterocycles. The first-order valence-electron chi connectivity index (χ1n) is 1.38. The minimum Gasteiger partial charge on any atom is -1.00 e. The number of phosphoric acid groups is 1. The molecule has 0 aromatic heterocycles. The van der Waals surface area contributed by atoms with Crippen LogP contribution in [0.1, 0.15) is 2.85 Å². The van der Waals surface area contributed by atoms with Crippen molar-refractivity contribution in [2.24, 2.45) is 0 Å². The Balaban J connectivity index is -0.00000000406. The van der Waals surface area contributed by atoms with Crippen molar-refractivity contribution in [3.63, 3.8) is 0 Å². The van der Waals surface area contributed by atoms with E-state index in [1.54, 1.807) is 0 Å². The number of hydrogen-bond donors (Lipinski definition) is 2. The molecule has 0 spiro atoms. The van der Waals surface area contributed by atoms with Gasteiger partial charge >= 0.3 is 154 Å². The van der Waals surface area contributed by atoms with E-state index in [0.717, 1.165) is 0 Å². The van der Waals surface area contributed by atoms with Crippen molar-refractivity contribution < 1.29 is 196 Å². The minimum atomic E-state index is -5.39. The number of rotatable bonds is 0. The fourth-order valence-electron chi connectivity index (χ4n) is 0. The van der Waals surface area contributed by atoms with Crippen LogP contribution in [0.3, 0.4) is 0 Å². The molecule has 0 atom stereocenters. The molecule has 0 rings (SSSR count). The first-order valence-corrected chi connectivity index (χ1v) is 2.84. The van der Waals surface area contributed by atoms with Gasteiger partial charge in [-0.25, -0.2) is 4.79 Å². The van der Waals surface area contributed by atoms with Gasteiger partial charge in [0, 0.05) is 0 Å². The molecule has 0 radical (unpaired) electrons. The van der Waals surface area contributed by atoms with Gasteiger partial charge in [0.25, 0.3) is 0 Å². The summed E-state index contributed by atoms with van der Waals surface area (Å²) in [6.07, 6.45) is -1.83. The molecule has 0 saturated heterocycles. The molecule has 0 saturated carbocycles. The van der Waals surface area contributed by atoms with Crippen LogP contribution in [0.5, 0.6) is 0 Å². The summed E-state index contributed by atoms with van der Waals surface area (Å²) >= 11 is 0. The maximum absolute atomic E-state index is 8.56. The van der Waals surface area contributed by atoms with E-state index in [1.807, 2.05) is 0 Å². The molecule has 9 nitrogen and oxygen atoms in total. The predicted molar refractivity (Wildman–Crippen MR) is 27.7 cm³/mol. The van der Waals surface area contributed by atoms with Gasteiger partial charge < -0.3 is 43.3 Å². The predicted octanol–water partition coefficient (Wildman–Crippen LogP) is -19.0. The smallest absolute Gasteiger partial charge is 1.00 e. The van der Waals surface area contributed by atoms with Crippen LogP contribution < -0.4 is 162 Å². The number of carboxylic acid groups (broad SMARTS) is 2. The molecule has 0 unspecified atom stereocenters. The Kier molecular flexibility index (Phi) is 135. The Morgan fingerprint density at radius 2 is 0.875 bits per heavy atom. The SMILES string of the molecule is O.O.O=C(O)O.O=P([O-])([O-])[O-].[H-].[H-].[Na+].[Na+].[Na+].[Na+].[Na+]. The summed E-state index contributed by atoms with van der Waals surface area (Å²) in [5.41, 5.74) is 0. The molecule has 0 aliphatic carbocycles. The third-order valence-electron chi connectivity index (χ3n) is 0. The van der Waals surface area contributed by atoms with Crippen LogP contribution in [-0.2, 0) is 4.57 Å². The Labute approximate surface area is 205 Å². The van der Waals surface area contributed by atoms with E-state index in [1.165, 1.54) is 0 Å². The average molecular weight is 310 g/mol. The molecular formula is CH8Na5O9P. The van der Waals surface area contributed by atoms with E-state index in [-0.39, 0.29) is 162 Å².